The van der Waals surface area contributed by atoms with Gasteiger partial charge in [-0.15, -0.1) is 0 Å². The first-order chi connectivity index (χ1) is 6.14. The second-order valence-corrected chi connectivity index (χ2v) is 4.05. The molecule has 13 heavy (non-hydrogen) atoms. The Hall–Kier alpha value is -1.61. The number of hydrogen-bond donors (Lipinski definition) is 1. The highest BCUT2D eigenvalue weighted by Crippen LogP contribution is 2.01. The Bertz CT molecular complexity index is 407. The van der Waals surface area contributed by atoms with Gasteiger partial charge in [0.05, 0.1) is 5.75 Å². The topological polar surface area (TPSA) is 82.9 Å². The molecule has 1 aromatic heterocycles. The summed E-state index contributed by atoms with van der Waals surface area (Å²) in [4.78, 5) is 3.74. The van der Waals surface area contributed by atoms with Crippen molar-refractivity contribution in [1.82, 2.24) is 9.71 Å². The number of pyridine rings is 1. The van der Waals surface area contributed by atoms with Crippen molar-refractivity contribution in [2.24, 2.45) is 0 Å². The van der Waals surface area contributed by atoms with Crippen LogP contribution in [0.25, 0.3) is 0 Å². The van der Waals surface area contributed by atoms with Gasteiger partial charge >= 0.3 is 0 Å². The Morgan fingerprint density at radius 3 is 2.62 bits per heavy atom. The van der Waals surface area contributed by atoms with Crippen LogP contribution in [0.4, 0.5) is 0 Å². The van der Waals surface area contributed by atoms with Crippen LogP contribution in [0.3, 0.4) is 0 Å². The molecule has 6 heteroatoms. The van der Waals surface area contributed by atoms with Gasteiger partial charge in [0, 0.05) is 12.4 Å². The first-order valence-electron chi connectivity index (χ1n) is 3.41. The fourth-order valence-corrected chi connectivity index (χ4v) is 1.65. The maximum absolute atomic E-state index is 11.0. The highest BCUT2D eigenvalue weighted by atomic mass is 32.2. The van der Waals surface area contributed by atoms with Crippen molar-refractivity contribution < 1.29 is 8.42 Å². The van der Waals surface area contributed by atoms with Gasteiger partial charge in [0.2, 0.25) is 10.0 Å². The van der Waals surface area contributed by atoms with Crippen LogP contribution in [0.2, 0.25) is 0 Å². The number of nitrogens with one attached hydrogen (secondary N) is 1. The minimum atomic E-state index is -3.52. The highest BCUT2D eigenvalue weighted by molar-refractivity contribution is 7.88. The van der Waals surface area contributed by atoms with E-state index in [2.05, 4.69) is 4.98 Å². The molecule has 5 nitrogen and oxygen atoms in total. The van der Waals surface area contributed by atoms with Crippen LogP contribution in [0.5, 0.6) is 0 Å². The van der Waals surface area contributed by atoms with E-state index in [4.69, 9.17) is 5.26 Å². The van der Waals surface area contributed by atoms with E-state index < -0.39 is 10.0 Å². The number of hydrogen-bond acceptors (Lipinski definition) is 4. The fraction of sp³-hybridized carbons (Fsp3) is 0.143. The average Bonchev–Trinajstić information content (AvgIpc) is 2.04. The van der Waals surface area contributed by atoms with Crippen LogP contribution in [0, 0.1) is 11.5 Å². The van der Waals surface area contributed by atoms with E-state index in [1.54, 1.807) is 16.9 Å². The molecule has 0 fully saturated rings. The third kappa shape index (κ3) is 3.09. The summed E-state index contributed by atoms with van der Waals surface area (Å²) in [6.07, 6.45) is 4.37. The van der Waals surface area contributed by atoms with Crippen molar-refractivity contribution in [3.63, 3.8) is 0 Å². The second kappa shape index (κ2) is 3.87. The maximum Gasteiger partial charge on any atom is 0.245 e. The molecular formula is C7H7N3O2S. The first kappa shape index (κ1) is 9.48. The summed E-state index contributed by atoms with van der Waals surface area (Å²) in [6.45, 7) is 0. The number of nitrogens with zero attached hydrogens (tertiary/aromatic N) is 2. The smallest absolute Gasteiger partial charge is 0.245 e. The third-order valence-electron chi connectivity index (χ3n) is 1.31. The normalized spacial score (nSPS) is 10.4. The van der Waals surface area contributed by atoms with Crippen molar-refractivity contribution in [3.8, 4) is 6.19 Å². The monoisotopic (exact) mass is 197 g/mol. The molecule has 1 aromatic rings. The van der Waals surface area contributed by atoms with Crippen molar-refractivity contribution in [2.75, 3.05) is 0 Å². The molecule has 1 heterocycles. The van der Waals surface area contributed by atoms with E-state index in [9.17, 15) is 8.42 Å². The number of aromatic nitrogens is 1. The van der Waals surface area contributed by atoms with Gasteiger partial charge in [-0.2, -0.15) is 5.26 Å². The Morgan fingerprint density at radius 1 is 1.46 bits per heavy atom. The molecule has 1 N–H and O–H groups in total. The molecule has 0 spiro atoms. The van der Waals surface area contributed by atoms with Crippen LogP contribution >= 0.6 is 0 Å². The maximum atomic E-state index is 11.0. The SMILES string of the molecule is N#CNS(=O)(=O)Cc1ccncc1. The predicted molar refractivity (Wildman–Crippen MR) is 45.6 cm³/mol. The van der Waals surface area contributed by atoms with Crippen LogP contribution in [-0.4, -0.2) is 13.4 Å². The Labute approximate surface area is 76.1 Å². The van der Waals surface area contributed by atoms with Crippen LogP contribution in [0.15, 0.2) is 24.5 Å². The Morgan fingerprint density at radius 2 is 2.08 bits per heavy atom. The van der Waals surface area contributed by atoms with E-state index in [1.807, 2.05) is 0 Å². The Balaban J connectivity index is 2.77. The van der Waals surface area contributed by atoms with E-state index in [0.29, 0.717) is 5.56 Å². The zero-order valence-corrected chi connectivity index (χ0v) is 7.45. The number of rotatable bonds is 3. The summed E-state index contributed by atoms with van der Waals surface area (Å²) in [6, 6.07) is 3.16. The number of sulfonamides is 1. The quantitative estimate of drug-likeness (QED) is 0.545. The van der Waals surface area contributed by atoms with Gasteiger partial charge in [-0.05, 0) is 17.7 Å². The molecular weight excluding hydrogens is 190 g/mol. The molecule has 0 aromatic carbocycles. The summed E-state index contributed by atoms with van der Waals surface area (Å²) in [5.74, 6) is -0.205. The van der Waals surface area contributed by atoms with Gasteiger partial charge in [-0.25, -0.2) is 13.1 Å². The van der Waals surface area contributed by atoms with Crippen molar-refractivity contribution in [3.05, 3.63) is 30.1 Å². The lowest BCUT2D eigenvalue weighted by molar-refractivity contribution is 0.590. The van der Waals surface area contributed by atoms with Gasteiger partial charge in [-0.1, -0.05) is 0 Å². The summed E-state index contributed by atoms with van der Waals surface area (Å²) in [5.41, 5.74) is 0.595. The highest BCUT2D eigenvalue weighted by Gasteiger charge is 2.09. The molecule has 68 valence electrons. The van der Waals surface area contributed by atoms with Gasteiger partial charge < -0.3 is 0 Å². The predicted octanol–water partition coefficient (Wildman–Crippen LogP) is -0.0179. The van der Waals surface area contributed by atoms with Crippen LogP contribution in [-0.2, 0) is 15.8 Å². The van der Waals surface area contributed by atoms with Gasteiger partial charge in [-0.3, -0.25) is 4.98 Å². The number of nitriles is 1. The third-order valence-corrected chi connectivity index (χ3v) is 2.42. The zero-order valence-electron chi connectivity index (χ0n) is 6.64. The minimum Gasteiger partial charge on any atom is -0.265 e. The average molecular weight is 197 g/mol. The van der Waals surface area contributed by atoms with Crippen molar-refractivity contribution in [1.29, 1.82) is 5.26 Å². The zero-order chi connectivity index (χ0) is 9.73. The molecule has 0 saturated carbocycles. The Kier molecular flexibility index (Phi) is 2.82. The fourth-order valence-electron chi connectivity index (χ4n) is 0.804. The van der Waals surface area contributed by atoms with Crippen molar-refractivity contribution >= 4 is 10.0 Å². The standard InChI is InChI=1S/C7H7N3O2S/c8-6-10-13(11,12)5-7-1-3-9-4-2-7/h1-4,10H,5H2. The van der Waals surface area contributed by atoms with Crippen molar-refractivity contribution in [2.45, 2.75) is 5.75 Å². The van der Waals surface area contributed by atoms with E-state index in [1.165, 1.54) is 18.6 Å². The molecule has 1 rings (SSSR count). The minimum absolute atomic E-state index is 0.205. The lowest BCUT2D eigenvalue weighted by atomic mass is 10.3. The molecule has 0 aliphatic heterocycles. The summed E-state index contributed by atoms with van der Waals surface area (Å²) in [7, 11) is -3.52. The molecule has 0 atom stereocenters. The molecule has 0 radical (unpaired) electrons. The molecule has 0 bridgehead atoms. The molecule has 0 aliphatic rings. The second-order valence-electron chi connectivity index (χ2n) is 2.33. The van der Waals surface area contributed by atoms with Crippen LogP contribution < -0.4 is 4.72 Å². The van der Waals surface area contributed by atoms with Gasteiger partial charge in [0.15, 0.2) is 6.19 Å². The largest absolute Gasteiger partial charge is 0.265 e. The summed E-state index contributed by atoms with van der Waals surface area (Å²) in [5, 5.41) is 8.13. The van der Waals surface area contributed by atoms with E-state index >= 15 is 0 Å². The lowest BCUT2D eigenvalue weighted by Gasteiger charge is -1.99. The van der Waals surface area contributed by atoms with Gasteiger partial charge in [0.25, 0.3) is 0 Å². The van der Waals surface area contributed by atoms with Crippen LogP contribution in [0.1, 0.15) is 5.56 Å². The summed E-state index contributed by atoms with van der Waals surface area (Å²) >= 11 is 0. The molecule has 0 aliphatic carbocycles. The van der Waals surface area contributed by atoms with Gasteiger partial charge in [0.1, 0.15) is 0 Å². The lowest BCUT2D eigenvalue weighted by Crippen LogP contribution is -2.19. The molecule has 0 amide bonds. The van der Waals surface area contributed by atoms with E-state index in [0.717, 1.165) is 0 Å². The van der Waals surface area contributed by atoms with E-state index in [-0.39, 0.29) is 5.75 Å². The molecule has 0 saturated heterocycles. The first-order valence-corrected chi connectivity index (χ1v) is 5.07. The molecule has 0 unspecified atom stereocenters. The summed E-state index contributed by atoms with van der Waals surface area (Å²) < 4.78 is 23.8.